The first-order chi connectivity index (χ1) is 5.92. The van der Waals surface area contributed by atoms with Crippen molar-refractivity contribution in [1.29, 1.82) is 0 Å². The summed E-state index contributed by atoms with van der Waals surface area (Å²) < 4.78 is 0. The largest absolute Gasteiger partial charge is 0.392 e. The van der Waals surface area contributed by atoms with Crippen molar-refractivity contribution in [2.45, 2.75) is 38.9 Å². The second kappa shape index (κ2) is 3.95. The molecule has 1 aliphatic rings. The maximum absolute atomic E-state index is 10.0. The Bertz CT molecular complexity index is 168. The van der Waals surface area contributed by atoms with Gasteiger partial charge in [0.25, 0.3) is 0 Å². The molecule has 2 atom stereocenters. The predicted molar refractivity (Wildman–Crippen MR) is 52.5 cm³/mol. The molecule has 1 fully saturated rings. The van der Waals surface area contributed by atoms with E-state index >= 15 is 0 Å². The molecule has 1 saturated heterocycles. The summed E-state index contributed by atoms with van der Waals surface area (Å²) in [5, 5.41) is 19.3. The maximum atomic E-state index is 10.0. The first-order valence-electron chi connectivity index (χ1n) is 5.04. The lowest BCUT2D eigenvalue weighted by atomic mass is 9.92. The zero-order valence-corrected chi connectivity index (χ0v) is 8.82. The van der Waals surface area contributed by atoms with E-state index in [1.54, 1.807) is 0 Å². The molecule has 0 aliphatic carbocycles. The van der Waals surface area contributed by atoms with Crippen LogP contribution in [-0.2, 0) is 0 Å². The van der Waals surface area contributed by atoms with E-state index in [2.05, 4.69) is 4.90 Å². The summed E-state index contributed by atoms with van der Waals surface area (Å²) in [6, 6.07) is 0. The highest BCUT2D eigenvalue weighted by atomic mass is 16.3. The van der Waals surface area contributed by atoms with E-state index in [0.29, 0.717) is 13.1 Å². The molecule has 1 aliphatic heterocycles. The van der Waals surface area contributed by atoms with Crippen molar-refractivity contribution in [1.82, 2.24) is 4.90 Å². The molecule has 78 valence electrons. The van der Waals surface area contributed by atoms with Gasteiger partial charge in [0.05, 0.1) is 11.7 Å². The van der Waals surface area contributed by atoms with Gasteiger partial charge in [-0.05, 0) is 19.3 Å². The van der Waals surface area contributed by atoms with Crippen LogP contribution < -0.4 is 0 Å². The number of nitrogens with zero attached hydrogens (tertiary/aromatic N) is 1. The fourth-order valence-electron chi connectivity index (χ4n) is 1.59. The first-order valence-corrected chi connectivity index (χ1v) is 5.04. The Labute approximate surface area is 80.4 Å². The van der Waals surface area contributed by atoms with Crippen molar-refractivity contribution in [2.75, 3.05) is 19.6 Å². The molecular formula is C10H21NO2. The molecule has 0 aromatic rings. The fourth-order valence-corrected chi connectivity index (χ4v) is 1.59. The van der Waals surface area contributed by atoms with E-state index in [1.165, 1.54) is 0 Å². The zero-order valence-electron chi connectivity index (χ0n) is 8.82. The summed E-state index contributed by atoms with van der Waals surface area (Å²) in [5.41, 5.74) is -0.635. The van der Waals surface area contributed by atoms with E-state index < -0.39 is 5.60 Å². The third-order valence-corrected chi connectivity index (χ3v) is 3.04. The highest BCUT2D eigenvalue weighted by Crippen LogP contribution is 2.20. The number of hydrogen-bond donors (Lipinski definition) is 2. The van der Waals surface area contributed by atoms with Crippen LogP contribution in [0.4, 0.5) is 0 Å². The molecule has 3 nitrogen and oxygen atoms in total. The maximum Gasteiger partial charge on any atom is 0.0768 e. The molecular weight excluding hydrogens is 166 g/mol. The molecule has 0 radical (unpaired) electrons. The fraction of sp³-hybridized carbons (Fsp3) is 1.00. The molecule has 1 rings (SSSR count). The van der Waals surface area contributed by atoms with Gasteiger partial charge in [-0.1, -0.05) is 13.8 Å². The lowest BCUT2D eigenvalue weighted by Crippen LogP contribution is -2.43. The third-order valence-electron chi connectivity index (χ3n) is 3.04. The van der Waals surface area contributed by atoms with Crippen molar-refractivity contribution in [3.05, 3.63) is 0 Å². The molecule has 0 spiro atoms. The molecule has 0 bridgehead atoms. The van der Waals surface area contributed by atoms with Crippen molar-refractivity contribution in [3.8, 4) is 0 Å². The van der Waals surface area contributed by atoms with Crippen LogP contribution >= 0.6 is 0 Å². The van der Waals surface area contributed by atoms with E-state index in [4.69, 9.17) is 0 Å². The average Bonchev–Trinajstić information content (AvgIpc) is 2.34. The molecule has 0 aromatic carbocycles. The highest BCUT2D eigenvalue weighted by Gasteiger charge is 2.30. The summed E-state index contributed by atoms with van der Waals surface area (Å²) in [6.45, 7) is 8.19. The SMILES string of the molecule is CC(C)C(C)(O)CN1CC[C@@H](O)C1. The van der Waals surface area contributed by atoms with Crippen molar-refractivity contribution in [3.63, 3.8) is 0 Å². The monoisotopic (exact) mass is 187 g/mol. The van der Waals surface area contributed by atoms with E-state index in [1.807, 2.05) is 20.8 Å². The normalized spacial score (nSPS) is 29.5. The molecule has 1 heterocycles. The van der Waals surface area contributed by atoms with Crippen LogP contribution in [-0.4, -0.2) is 46.5 Å². The molecule has 1 unspecified atom stereocenters. The van der Waals surface area contributed by atoms with Crippen LogP contribution in [0.3, 0.4) is 0 Å². The van der Waals surface area contributed by atoms with E-state index in [9.17, 15) is 10.2 Å². The van der Waals surface area contributed by atoms with Gasteiger partial charge in [-0.15, -0.1) is 0 Å². The number of rotatable bonds is 3. The Balaban J connectivity index is 2.40. The number of aliphatic hydroxyl groups excluding tert-OH is 1. The Hall–Kier alpha value is -0.120. The summed E-state index contributed by atoms with van der Waals surface area (Å²) in [6.07, 6.45) is 0.650. The average molecular weight is 187 g/mol. The quantitative estimate of drug-likeness (QED) is 0.674. The first kappa shape index (κ1) is 11.0. The smallest absolute Gasteiger partial charge is 0.0768 e. The Morgan fingerprint density at radius 2 is 2.15 bits per heavy atom. The summed E-state index contributed by atoms with van der Waals surface area (Å²) in [4.78, 5) is 2.13. The van der Waals surface area contributed by atoms with Gasteiger partial charge in [0, 0.05) is 19.6 Å². The van der Waals surface area contributed by atoms with Crippen molar-refractivity contribution >= 4 is 0 Å². The number of aliphatic hydroxyl groups is 2. The predicted octanol–water partition coefficient (Wildman–Crippen LogP) is 0.460. The molecule has 0 saturated carbocycles. The van der Waals surface area contributed by atoms with Gasteiger partial charge in [-0.2, -0.15) is 0 Å². The molecule has 3 heteroatoms. The second-order valence-electron chi connectivity index (χ2n) is 4.69. The number of β-amino-alcohol motifs (C(OH)–C–C–N with tert-alkyl or cyclic N) is 2. The summed E-state index contributed by atoms with van der Waals surface area (Å²) in [7, 11) is 0. The second-order valence-corrected chi connectivity index (χ2v) is 4.69. The van der Waals surface area contributed by atoms with Crippen LogP contribution in [0.1, 0.15) is 27.2 Å². The van der Waals surface area contributed by atoms with Crippen LogP contribution in [0.15, 0.2) is 0 Å². The minimum absolute atomic E-state index is 0.192. The van der Waals surface area contributed by atoms with Crippen molar-refractivity contribution < 1.29 is 10.2 Å². The van der Waals surface area contributed by atoms with Crippen LogP contribution in [0.2, 0.25) is 0 Å². The lowest BCUT2D eigenvalue weighted by Gasteiger charge is -2.32. The van der Waals surface area contributed by atoms with Gasteiger partial charge in [0.15, 0.2) is 0 Å². The minimum atomic E-state index is -0.635. The Kier molecular flexibility index (Phi) is 3.33. The lowest BCUT2D eigenvalue weighted by molar-refractivity contribution is -0.0157. The topological polar surface area (TPSA) is 43.7 Å². The van der Waals surface area contributed by atoms with Crippen LogP contribution in [0.5, 0.6) is 0 Å². The van der Waals surface area contributed by atoms with E-state index in [0.717, 1.165) is 13.0 Å². The standard InChI is InChI=1S/C10H21NO2/c1-8(2)10(3,13)7-11-5-4-9(12)6-11/h8-9,12-13H,4-7H2,1-3H3/t9-,10?/m1/s1. The van der Waals surface area contributed by atoms with Crippen LogP contribution in [0.25, 0.3) is 0 Å². The Morgan fingerprint density at radius 3 is 2.54 bits per heavy atom. The van der Waals surface area contributed by atoms with Crippen LogP contribution in [0, 0.1) is 5.92 Å². The third kappa shape index (κ3) is 2.93. The van der Waals surface area contributed by atoms with Gasteiger partial charge >= 0.3 is 0 Å². The molecule has 13 heavy (non-hydrogen) atoms. The molecule has 2 N–H and O–H groups in total. The van der Waals surface area contributed by atoms with Gasteiger partial charge in [0.1, 0.15) is 0 Å². The summed E-state index contributed by atoms with van der Waals surface area (Å²) in [5.74, 6) is 0.255. The number of hydrogen-bond acceptors (Lipinski definition) is 3. The van der Waals surface area contributed by atoms with Gasteiger partial charge < -0.3 is 10.2 Å². The van der Waals surface area contributed by atoms with Crippen molar-refractivity contribution in [2.24, 2.45) is 5.92 Å². The Morgan fingerprint density at radius 1 is 1.54 bits per heavy atom. The zero-order chi connectivity index (χ0) is 10.1. The van der Waals surface area contributed by atoms with Gasteiger partial charge in [0.2, 0.25) is 0 Å². The molecule has 0 aromatic heterocycles. The summed E-state index contributed by atoms with van der Waals surface area (Å²) >= 11 is 0. The minimum Gasteiger partial charge on any atom is -0.392 e. The van der Waals surface area contributed by atoms with Gasteiger partial charge in [-0.3, -0.25) is 4.90 Å². The number of likely N-dealkylation sites (tertiary alicyclic amines) is 1. The highest BCUT2D eigenvalue weighted by molar-refractivity contribution is 4.84. The van der Waals surface area contributed by atoms with Gasteiger partial charge in [-0.25, -0.2) is 0 Å². The van der Waals surface area contributed by atoms with E-state index in [-0.39, 0.29) is 12.0 Å². The molecule has 0 amide bonds.